The first-order valence-corrected chi connectivity index (χ1v) is 8.34. The Morgan fingerprint density at radius 2 is 2.00 bits per heavy atom. The molecule has 2 rings (SSSR count). The van der Waals surface area contributed by atoms with Gasteiger partial charge in [-0.05, 0) is 5.56 Å². The average Bonchev–Trinajstić information content (AvgIpc) is 2.47. The van der Waals surface area contributed by atoms with Crippen LogP contribution in [0.2, 0.25) is 0 Å². The quantitative estimate of drug-likeness (QED) is 0.911. The second-order valence-corrected chi connectivity index (χ2v) is 6.80. The summed E-state index contributed by atoms with van der Waals surface area (Å²) >= 11 is 0. The lowest BCUT2D eigenvalue weighted by atomic mass is 10.2. The van der Waals surface area contributed by atoms with Crippen LogP contribution in [0.1, 0.15) is 5.56 Å². The van der Waals surface area contributed by atoms with Crippen molar-refractivity contribution in [3.8, 4) is 0 Å². The van der Waals surface area contributed by atoms with E-state index in [1.54, 1.807) is 4.31 Å². The molecule has 0 radical (unpaired) electrons. The third kappa shape index (κ3) is 4.29. The van der Waals surface area contributed by atoms with E-state index in [2.05, 4.69) is 9.68 Å². The Balaban J connectivity index is 1.94. The zero-order valence-electron chi connectivity index (χ0n) is 11.4. The Kier molecular flexibility index (Phi) is 5.11. The first-order chi connectivity index (χ1) is 9.58. The Bertz CT molecular complexity index is 561. The highest BCUT2D eigenvalue weighted by Gasteiger charge is 2.19. The lowest BCUT2D eigenvalue weighted by molar-refractivity contribution is 0.151. The molecule has 7 heteroatoms. The number of carbonyl (C=O) groups excluding carboxylic acids is 1. The molecule has 6 nitrogen and oxygen atoms in total. The molecule has 0 saturated carbocycles. The van der Waals surface area contributed by atoms with Crippen LogP contribution < -0.4 is 5.32 Å². The molecule has 1 atom stereocenters. The molecule has 1 amide bonds. The van der Waals surface area contributed by atoms with Gasteiger partial charge in [0.1, 0.15) is 16.5 Å². The van der Waals surface area contributed by atoms with Crippen molar-refractivity contribution in [3.63, 3.8) is 0 Å². The second-order valence-electron chi connectivity index (χ2n) is 4.57. The van der Waals surface area contributed by atoms with E-state index in [9.17, 15) is 9.00 Å². The predicted octanol–water partition coefficient (Wildman–Crippen LogP) is 1.24. The zero-order valence-corrected chi connectivity index (χ0v) is 12.3. The van der Waals surface area contributed by atoms with Crippen molar-refractivity contribution in [2.45, 2.75) is 6.61 Å². The van der Waals surface area contributed by atoms with Gasteiger partial charge in [0.25, 0.3) is 0 Å². The molecular formula is C13H19N3O3S. The third-order valence-electron chi connectivity index (χ3n) is 3.00. The van der Waals surface area contributed by atoms with E-state index >= 15 is 0 Å². The van der Waals surface area contributed by atoms with Crippen LogP contribution in [0.4, 0.5) is 4.79 Å². The van der Waals surface area contributed by atoms with Crippen LogP contribution in [0.25, 0.3) is 0 Å². The molecule has 1 aromatic carbocycles. The lowest BCUT2D eigenvalue weighted by Crippen LogP contribution is -2.46. The molecule has 0 bridgehead atoms. The molecule has 1 N–H and O–H groups in total. The molecule has 0 spiro atoms. The molecule has 1 aliphatic heterocycles. The molecule has 1 heterocycles. The SMILES string of the molecule is CS(=O)(=NC(=O)OCc1ccccc1)N1CCNCC1. The number of hydrogen-bond donors (Lipinski definition) is 1. The van der Waals surface area contributed by atoms with Crippen LogP contribution in [0.5, 0.6) is 0 Å². The molecule has 1 fully saturated rings. The van der Waals surface area contributed by atoms with Gasteiger partial charge in [-0.2, -0.15) is 0 Å². The number of ether oxygens (including phenoxy) is 1. The van der Waals surface area contributed by atoms with Crippen LogP contribution >= 0.6 is 0 Å². The first kappa shape index (κ1) is 15.0. The van der Waals surface area contributed by atoms with Crippen molar-refractivity contribution in [3.05, 3.63) is 35.9 Å². The summed E-state index contributed by atoms with van der Waals surface area (Å²) in [5, 5.41) is 3.16. The fourth-order valence-corrected chi connectivity index (χ4v) is 3.23. The van der Waals surface area contributed by atoms with Crippen molar-refractivity contribution < 1.29 is 13.7 Å². The standard InChI is InChI=1S/C13H19N3O3S/c1-20(18,16-9-7-14-8-10-16)15-13(17)19-11-12-5-3-2-4-6-12/h2-6,14H,7-11H2,1H3. The van der Waals surface area contributed by atoms with E-state index in [1.807, 2.05) is 30.3 Å². The van der Waals surface area contributed by atoms with Crippen LogP contribution in [-0.2, 0) is 21.3 Å². The fraction of sp³-hybridized carbons (Fsp3) is 0.462. The number of rotatable bonds is 3. The molecule has 0 aliphatic carbocycles. The summed E-state index contributed by atoms with van der Waals surface area (Å²) in [6.45, 7) is 2.87. The van der Waals surface area contributed by atoms with Gasteiger partial charge in [0, 0.05) is 32.4 Å². The Morgan fingerprint density at radius 1 is 1.35 bits per heavy atom. The maximum atomic E-state index is 12.4. The molecule has 0 aromatic heterocycles. The summed E-state index contributed by atoms with van der Waals surface area (Å²) in [7, 11) is -2.69. The van der Waals surface area contributed by atoms with E-state index < -0.39 is 16.0 Å². The van der Waals surface area contributed by atoms with Gasteiger partial charge in [0.2, 0.25) is 0 Å². The van der Waals surface area contributed by atoms with E-state index in [4.69, 9.17) is 4.74 Å². The molecule has 1 saturated heterocycles. The summed E-state index contributed by atoms with van der Waals surface area (Å²) in [5.41, 5.74) is 0.876. The topological polar surface area (TPSA) is 71.0 Å². The van der Waals surface area contributed by atoms with Gasteiger partial charge in [-0.25, -0.2) is 13.3 Å². The van der Waals surface area contributed by atoms with Crippen LogP contribution in [0.3, 0.4) is 0 Å². The number of nitrogens with one attached hydrogen (secondary N) is 1. The van der Waals surface area contributed by atoms with Crippen molar-refractivity contribution in [1.29, 1.82) is 0 Å². The summed E-state index contributed by atoms with van der Waals surface area (Å²) in [6.07, 6.45) is 0.696. The van der Waals surface area contributed by atoms with Gasteiger partial charge < -0.3 is 10.1 Å². The maximum Gasteiger partial charge on any atom is 0.443 e. The molecule has 1 unspecified atom stereocenters. The minimum atomic E-state index is -2.69. The Hall–Kier alpha value is -1.44. The lowest BCUT2D eigenvalue weighted by Gasteiger charge is -2.27. The van der Waals surface area contributed by atoms with Gasteiger partial charge in [-0.1, -0.05) is 30.3 Å². The maximum absolute atomic E-state index is 12.4. The zero-order chi connectivity index (χ0) is 14.4. The summed E-state index contributed by atoms with van der Waals surface area (Å²) in [4.78, 5) is 11.7. The van der Waals surface area contributed by atoms with Gasteiger partial charge in [0.05, 0.1) is 0 Å². The number of piperazine rings is 1. The smallest absolute Gasteiger partial charge is 0.443 e. The van der Waals surface area contributed by atoms with Crippen molar-refractivity contribution in [1.82, 2.24) is 9.62 Å². The monoisotopic (exact) mass is 297 g/mol. The normalized spacial score (nSPS) is 19.1. The largest absolute Gasteiger partial charge is 0.443 e. The summed E-state index contributed by atoms with van der Waals surface area (Å²) in [5.74, 6) is 0. The predicted molar refractivity (Wildman–Crippen MR) is 77.6 cm³/mol. The minimum absolute atomic E-state index is 0.139. The average molecular weight is 297 g/mol. The number of benzene rings is 1. The van der Waals surface area contributed by atoms with Gasteiger partial charge >= 0.3 is 6.09 Å². The molecule has 20 heavy (non-hydrogen) atoms. The number of carbonyl (C=O) groups is 1. The van der Waals surface area contributed by atoms with E-state index in [0.29, 0.717) is 13.1 Å². The Labute approximate surface area is 119 Å². The third-order valence-corrected chi connectivity index (χ3v) is 4.82. The van der Waals surface area contributed by atoms with E-state index in [-0.39, 0.29) is 6.61 Å². The first-order valence-electron chi connectivity index (χ1n) is 6.46. The summed E-state index contributed by atoms with van der Waals surface area (Å²) in [6, 6.07) is 9.33. The van der Waals surface area contributed by atoms with Crippen molar-refractivity contribution in [2.24, 2.45) is 4.36 Å². The van der Waals surface area contributed by atoms with Gasteiger partial charge in [0.15, 0.2) is 0 Å². The molecule has 1 aromatic rings. The highest BCUT2D eigenvalue weighted by atomic mass is 32.2. The van der Waals surface area contributed by atoms with Gasteiger partial charge in [-0.3, -0.25) is 0 Å². The highest BCUT2D eigenvalue weighted by molar-refractivity contribution is 7.90. The van der Waals surface area contributed by atoms with Crippen LogP contribution in [-0.4, -0.2) is 47.0 Å². The summed E-state index contributed by atoms with van der Waals surface area (Å²) < 4.78 is 22.8. The fourth-order valence-electron chi connectivity index (χ4n) is 1.92. The minimum Gasteiger partial charge on any atom is -0.443 e. The Morgan fingerprint density at radius 3 is 2.65 bits per heavy atom. The van der Waals surface area contributed by atoms with E-state index in [0.717, 1.165) is 18.7 Å². The van der Waals surface area contributed by atoms with E-state index in [1.165, 1.54) is 6.26 Å². The molecule has 110 valence electrons. The van der Waals surface area contributed by atoms with Gasteiger partial charge in [-0.15, -0.1) is 4.36 Å². The number of hydrogen-bond acceptors (Lipinski definition) is 4. The molecular weight excluding hydrogens is 278 g/mol. The number of nitrogens with zero attached hydrogens (tertiary/aromatic N) is 2. The van der Waals surface area contributed by atoms with Crippen molar-refractivity contribution >= 4 is 16.0 Å². The van der Waals surface area contributed by atoms with Crippen LogP contribution in [0, 0.1) is 0 Å². The van der Waals surface area contributed by atoms with Crippen molar-refractivity contribution in [2.75, 3.05) is 32.4 Å². The molecule has 1 aliphatic rings. The highest BCUT2D eigenvalue weighted by Crippen LogP contribution is 2.07. The van der Waals surface area contributed by atoms with Crippen LogP contribution in [0.15, 0.2) is 34.7 Å². The second kappa shape index (κ2) is 6.83. The number of amides is 1.